The number of carbonyl (C=O) groups is 3. The largest absolute Gasteiger partial charge is 0.339 e. The van der Waals surface area contributed by atoms with Crippen molar-refractivity contribution in [3.8, 4) is 0 Å². The van der Waals surface area contributed by atoms with Crippen molar-refractivity contribution in [3.63, 3.8) is 0 Å². The van der Waals surface area contributed by atoms with Crippen molar-refractivity contribution >= 4 is 34.9 Å². The summed E-state index contributed by atoms with van der Waals surface area (Å²) in [5, 5.41) is 14.2. The lowest BCUT2D eigenvalue weighted by Gasteiger charge is -2.33. The second-order valence-electron chi connectivity index (χ2n) is 12.8. The highest BCUT2D eigenvalue weighted by atomic mass is 16.2. The van der Waals surface area contributed by atoms with Gasteiger partial charge in [0.1, 0.15) is 0 Å². The van der Waals surface area contributed by atoms with Gasteiger partial charge in [0.25, 0.3) is 0 Å². The Bertz CT molecular complexity index is 1540. The topological polar surface area (TPSA) is 114 Å². The number of benzene rings is 2. The molecule has 2 aliphatic heterocycles. The molecule has 45 heavy (non-hydrogen) atoms. The van der Waals surface area contributed by atoms with Crippen LogP contribution in [0.1, 0.15) is 62.8 Å². The zero-order valence-electron chi connectivity index (χ0n) is 27.0. The Kier molecular flexibility index (Phi) is 9.72. The summed E-state index contributed by atoms with van der Waals surface area (Å²) in [6.07, 6.45) is 5.00. The van der Waals surface area contributed by atoms with Crippen LogP contribution >= 0.6 is 0 Å². The molecule has 1 atom stereocenters. The van der Waals surface area contributed by atoms with Gasteiger partial charge in [0.15, 0.2) is 5.82 Å². The number of hydrogen-bond donors (Lipinski definition) is 3. The van der Waals surface area contributed by atoms with Crippen LogP contribution in [0.25, 0.3) is 0 Å². The Labute approximate surface area is 265 Å². The molecule has 238 valence electrons. The van der Waals surface area contributed by atoms with Crippen molar-refractivity contribution in [2.75, 3.05) is 44.4 Å². The molecule has 1 fully saturated rings. The van der Waals surface area contributed by atoms with Gasteiger partial charge in [-0.2, -0.15) is 5.10 Å². The van der Waals surface area contributed by atoms with E-state index >= 15 is 0 Å². The summed E-state index contributed by atoms with van der Waals surface area (Å²) >= 11 is 0. The van der Waals surface area contributed by atoms with Crippen molar-refractivity contribution in [1.29, 1.82) is 0 Å². The monoisotopic (exact) mass is 611 g/mol. The molecule has 3 aromatic rings. The molecule has 3 heterocycles. The highest BCUT2D eigenvalue weighted by Crippen LogP contribution is 2.42. The molecule has 0 radical (unpaired) electrons. The van der Waals surface area contributed by atoms with Gasteiger partial charge in [0, 0.05) is 54.8 Å². The summed E-state index contributed by atoms with van der Waals surface area (Å²) in [6.45, 7) is 8.32. The van der Waals surface area contributed by atoms with E-state index in [4.69, 9.17) is 0 Å². The predicted molar refractivity (Wildman–Crippen MR) is 177 cm³/mol. The fraction of sp³-hybridized carbons (Fsp3) is 0.429. The number of nitrogens with zero attached hydrogens (tertiary/aromatic N) is 4. The summed E-state index contributed by atoms with van der Waals surface area (Å²) in [4.78, 5) is 44.8. The maximum atomic E-state index is 13.8. The highest BCUT2D eigenvalue weighted by Gasteiger charge is 2.44. The number of hydrogen-bond acceptors (Lipinski definition) is 6. The minimum Gasteiger partial charge on any atom is -0.339 e. The molecule has 10 heteroatoms. The molecule has 2 aromatic carbocycles. The van der Waals surface area contributed by atoms with Crippen LogP contribution in [-0.2, 0) is 26.5 Å². The first-order valence-corrected chi connectivity index (χ1v) is 15.7. The van der Waals surface area contributed by atoms with Gasteiger partial charge in [0.2, 0.25) is 17.7 Å². The third-order valence-corrected chi connectivity index (χ3v) is 8.93. The van der Waals surface area contributed by atoms with Crippen LogP contribution in [0.15, 0.2) is 66.7 Å². The quantitative estimate of drug-likeness (QED) is 0.271. The number of nitrogens with one attached hydrogen (secondary N) is 3. The lowest BCUT2D eigenvalue weighted by atomic mass is 9.93. The lowest BCUT2D eigenvalue weighted by Crippen LogP contribution is -2.41. The Morgan fingerprint density at radius 1 is 1.07 bits per heavy atom. The molecule has 0 saturated carbocycles. The number of piperidine rings is 1. The fourth-order valence-electron chi connectivity index (χ4n) is 6.46. The molecule has 0 unspecified atom stereocenters. The van der Waals surface area contributed by atoms with E-state index in [9.17, 15) is 14.4 Å². The maximum Gasteiger partial charge on any atom is 0.246 e. The molecule has 1 aromatic heterocycles. The van der Waals surface area contributed by atoms with E-state index < -0.39 is 5.54 Å². The molecule has 10 nitrogen and oxygen atoms in total. The molecule has 5 rings (SSSR count). The average molecular weight is 612 g/mol. The Hall–Kier alpha value is -4.44. The number of rotatable bonds is 10. The second-order valence-corrected chi connectivity index (χ2v) is 12.8. The van der Waals surface area contributed by atoms with Gasteiger partial charge in [-0.05, 0) is 77.5 Å². The van der Waals surface area contributed by atoms with Crippen LogP contribution in [-0.4, -0.2) is 76.3 Å². The minimum absolute atomic E-state index is 0.00318. The zero-order chi connectivity index (χ0) is 32.1. The van der Waals surface area contributed by atoms with Crippen LogP contribution < -0.4 is 10.6 Å². The van der Waals surface area contributed by atoms with Crippen molar-refractivity contribution < 1.29 is 14.4 Å². The molecule has 2 aliphatic rings. The first-order chi connectivity index (χ1) is 21.6. The van der Waals surface area contributed by atoms with Crippen molar-refractivity contribution in [3.05, 3.63) is 83.6 Å². The molecule has 0 spiro atoms. The molecule has 0 aliphatic carbocycles. The number of allylic oxidation sites excluding steroid dienone is 1. The van der Waals surface area contributed by atoms with E-state index in [-0.39, 0.29) is 29.6 Å². The molecular weight excluding hydrogens is 566 g/mol. The Morgan fingerprint density at radius 2 is 1.78 bits per heavy atom. The number of H-pyrrole nitrogens is 1. The molecule has 3 amide bonds. The predicted octanol–water partition coefficient (Wildman–Crippen LogP) is 5.22. The number of likely N-dealkylation sites (N-methyl/N-ethyl adjacent to an activating group) is 1. The number of fused-ring (bicyclic) bond motifs is 1. The third kappa shape index (κ3) is 7.28. The summed E-state index contributed by atoms with van der Waals surface area (Å²) in [6, 6.07) is 17.8. The average Bonchev–Trinajstić information content (AvgIpc) is 3.54. The van der Waals surface area contributed by atoms with Gasteiger partial charge in [-0.3, -0.25) is 19.5 Å². The standard InChI is InChI=1S/C35H45N7O3/c1-6-11-30(43)41-18-16-25(17-19-41)34(45)37-28-15-10-14-27(21-28)36-33-29-23-42(35(2,3)32(29)38-39-33)31(44)20-26(22-40(4)5)24-12-8-7-9-13-24/h6-15,21,25-26H,16-20,22-23H2,1-5H3,(H,37,45)(H2,36,38,39)/b11-6+/t26-/m1/s1. The van der Waals surface area contributed by atoms with Crippen molar-refractivity contribution in [1.82, 2.24) is 24.9 Å². The number of aromatic amines is 1. The van der Waals surface area contributed by atoms with Gasteiger partial charge >= 0.3 is 0 Å². The van der Waals surface area contributed by atoms with Crippen LogP contribution in [0.3, 0.4) is 0 Å². The number of anilines is 3. The number of likely N-dealkylation sites (tertiary alicyclic amines) is 1. The number of amides is 3. The van der Waals surface area contributed by atoms with E-state index in [1.807, 2.05) is 68.4 Å². The Morgan fingerprint density at radius 3 is 2.47 bits per heavy atom. The molecular formula is C35H45N7O3. The van der Waals surface area contributed by atoms with Gasteiger partial charge in [-0.25, -0.2) is 0 Å². The summed E-state index contributed by atoms with van der Waals surface area (Å²) in [5.41, 5.74) is 3.98. The van der Waals surface area contributed by atoms with E-state index in [2.05, 4.69) is 51.7 Å². The SMILES string of the molecule is C/C=C/C(=O)N1CCC(C(=O)Nc2cccc(Nc3n[nH]c4c3CN(C(=O)C[C@H](CN(C)C)c3ccccc3)C4(C)C)c2)CC1. The van der Waals surface area contributed by atoms with E-state index in [1.54, 1.807) is 17.1 Å². The van der Waals surface area contributed by atoms with Crippen LogP contribution in [0, 0.1) is 5.92 Å². The zero-order valence-corrected chi connectivity index (χ0v) is 27.0. The van der Waals surface area contributed by atoms with Crippen LogP contribution in [0.2, 0.25) is 0 Å². The smallest absolute Gasteiger partial charge is 0.246 e. The normalized spacial score (nSPS) is 17.0. The lowest BCUT2D eigenvalue weighted by molar-refractivity contribution is -0.137. The fourth-order valence-corrected chi connectivity index (χ4v) is 6.46. The van der Waals surface area contributed by atoms with Gasteiger partial charge < -0.3 is 25.3 Å². The van der Waals surface area contributed by atoms with Crippen LogP contribution in [0.5, 0.6) is 0 Å². The third-order valence-electron chi connectivity index (χ3n) is 8.93. The molecule has 3 N–H and O–H groups in total. The number of carbonyl (C=O) groups excluding carboxylic acids is 3. The first-order valence-electron chi connectivity index (χ1n) is 15.7. The van der Waals surface area contributed by atoms with Gasteiger partial charge in [-0.1, -0.05) is 42.5 Å². The first kappa shape index (κ1) is 32.0. The van der Waals surface area contributed by atoms with Crippen molar-refractivity contribution in [2.45, 2.75) is 58.0 Å². The van der Waals surface area contributed by atoms with E-state index in [0.29, 0.717) is 50.4 Å². The molecule has 0 bridgehead atoms. The maximum absolute atomic E-state index is 13.8. The second kappa shape index (κ2) is 13.7. The van der Waals surface area contributed by atoms with Crippen molar-refractivity contribution in [2.24, 2.45) is 5.92 Å². The Balaban J connectivity index is 1.23. The number of aromatic nitrogens is 2. The molecule has 1 saturated heterocycles. The highest BCUT2D eigenvalue weighted by molar-refractivity contribution is 5.93. The summed E-state index contributed by atoms with van der Waals surface area (Å²) in [5.74, 6) is 0.679. The van der Waals surface area contributed by atoms with Gasteiger partial charge in [-0.15, -0.1) is 0 Å². The minimum atomic E-state index is -0.540. The summed E-state index contributed by atoms with van der Waals surface area (Å²) in [7, 11) is 4.07. The summed E-state index contributed by atoms with van der Waals surface area (Å²) < 4.78 is 0. The van der Waals surface area contributed by atoms with Crippen LogP contribution in [0.4, 0.5) is 17.2 Å². The van der Waals surface area contributed by atoms with Gasteiger partial charge in [0.05, 0.1) is 17.8 Å². The van der Waals surface area contributed by atoms with E-state index in [1.165, 1.54) is 0 Å². The van der Waals surface area contributed by atoms with E-state index in [0.717, 1.165) is 29.1 Å².